The van der Waals surface area contributed by atoms with Gasteiger partial charge >= 0.3 is 5.97 Å². The highest BCUT2D eigenvalue weighted by atomic mass is 16.5. The van der Waals surface area contributed by atoms with Gasteiger partial charge in [0.2, 0.25) is 11.7 Å². The van der Waals surface area contributed by atoms with E-state index in [4.69, 9.17) is 14.3 Å². The van der Waals surface area contributed by atoms with Crippen LogP contribution in [0.15, 0.2) is 4.42 Å². The average molecular weight is 237 g/mol. The van der Waals surface area contributed by atoms with Gasteiger partial charge in [-0.1, -0.05) is 0 Å². The number of nitrogens with zero attached hydrogens (tertiary/aromatic N) is 1. The number of aromatic carboxylic acids is 1. The summed E-state index contributed by atoms with van der Waals surface area (Å²) in [5, 5.41) is 9.08. The van der Waals surface area contributed by atoms with Crippen LogP contribution in [0.5, 0.6) is 0 Å². The monoisotopic (exact) mass is 237 g/mol. The van der Waals surface area contributed by atoms with Crippen LogP contribution in [0.3, 0.4) is 0 Å². The molecule has 2 heterocycles. The maximum Gasteiger partial charge on any atom is 0.373 e. The smallest absolute Gasteiger partial charge is 0.373 e. The van der Waals surface area contributed by atoms with E-state index in [1.54, 1.807) is 0 Å². The molecular formula is C12H15NO4. The summed E-state index contributed by atoms with van der Waals surface area (Å²) in [5.41, 5.74) is 0.607. The van der Waals surface area contributed by atoms with Crippen LogP contribution in [-0.2, 0) is 4.74 Å². The van der Waals surface area contributed by atoms with Gasteiger partial charge in [-0.2, -0.15) is 0 Å². The second-order valence-corrected chi connectivity index (χ2v) is 4.86. The molecule has 17 heavy (non-hydrogen) atoms. The Bertz CT molecular complexity index is 449. The second-order valence-electron chi connectivity index (χ2n) is 4.86. The van der Waals surface area contributed by atoms with E-state index in [0.717, 1.165) is 25.7 Å². The van der Waals surface area contributed by atoms with E-state index in [0.29, 0.717) is 11.6 Å². The molecule has 92 valence electrons. The Labute approximate surface area is 98.8 Å². The van der Waals surface area contributed by atoms with Crippen molar-refractivity contribution in [2.45, 2.75) is 50.7 Å². The van der Waals surface area contributed by atoms with Crippen LogP contribution >= 0.6 is 0 Å². The summed E-state index contributed by atoms with van der Waals surface area (Å²) in [6.45, 7) is 2.00. The average Bonchev–Trinajstić information content (AvgIpc) is 2.87. The minimum absolute atomic E-state index is 0.00523. The van der Waals surface area contributed by atoms with Crippen molar-refractivity contribution in [1.29, 1.82) is 0 Å². The number of ether oxygens (including phenoxy) is 1. The molecule has 2 atom stereocenters. The van der Waals surface area contributed by atoms with E-state index in [2.05, 4.69) is 4.98 Å². The molecule has 0 spiro atoms. The Morgan fingerprint density at radius 1 is 1.35 bits per heavy atom. The molecule has 1 aromatic rings. The number of carboxylic acid groups (broad SMARTS) is 1. The Kier molecular flexibility index (Phi) is 2.43. The SMILES string of the molecule is CC1CCC(c2nc(C3CC3)c(C(=O)O)o2)O1. The zero-order chi connectivity index (χ0) is 12.0. The van der Waals surface area contributed by atoms with Gasteiger partial charge in [-0.25, -0.2) is 9.78 Å². The molecule has 5 nitrogen and oxygen atoms in total. The molecule has 2 fully saturated rings. The van der Waals surface area contributed by atoms with Crippen LogP contribution < -0.4 is 0 Å². The fourth-order valence-corrected chi connectivity index (χ4v) is 2.26. The van der Waals surface area contributed by atoms with Crippen molar-refractivity contribution in [2.24, 2.45) is 0 Å². The highest BCUT2D eigenvalue weighted by molar-refractivity contribution is 5.86. The lowest BCUT2D eigenvalue weighted by Crippen LogP contribution is -2.01. The third-order valence-electron chi connectivity index (χ3n) is 3.34. The molecule has 2 unspecified atom stereocenters. The van der Waals surface area contributed by atoms with Gasteiger partial charge in [0, 0.05) is 5.92 Å². The number of rotatable bonds is 3. The number of carboxylic acids is 1. The van der Waals surface area contributed by atoms with Gasteiger partial charge in [-0.15, -0.1) is 0 Å². The van der Waals surface area contributed by atoms with Gasteiger partial charge in [0.15, 0.2) is 0 Å². The summed E-state index contributed by atoms with van der Waals surface area (Å²) < 4.78 is 11.0. The maximum absolute atomic E-state index is 11.1. The second kappa shape index (κ2) is 3.84. The first-order chi connectivity index (χ1) is 8.15. The maximum atomic E-state index is 11.1. The molecule has 1 aliphatic carbocycles. The topological polar surface area (TPSA) is 72.6 Å². The molecule has 0 radical (unpaired) electrons. The predicted octanol–water partition coefficient (Wildman–Crippen LogP) is 2.49. The lowest BCUT2D eigenvalue weighted by atomic mass is 10.2. The van der Waals surface area contributed by atoms with Crippen molar-refractivity contribution in [3.05, 3.63) is 17.3 Å². The van der Waals surface area contributed by atoms with E-state index in [9.17, 15) is 4.79 Å². The van der Waals surface area contributed by atoms with Crippen molar-refractivity contribution in [3.63, 3.8) is 0 Å². The fourth-order valence-electron chi connectivity index (χ4n) is 2.26. The van der Waals surface area contributed by atoms with Gasteiger partial charge in [0.25, 0.3) is 0 Å². The lowest BCUT2D eigenvalue weighted by molar-refractivity contribution is 0.0372. The number of hydrogen-bond acceptors (Lipinski definition) is 4. The van der Waals surface area contributed by atoms with Crippen molar-refractivity contribution in [3.8, 4) is 0 Å². The molecule has 1 saturated heterocycles. The first-order valence-corrected chi connectivity index (χ1v) is 6.04. The zero-order valence-electron chi connectivity index (χ0n) is 9.68. The van der Waals surface area contributed by atoms with Crippen molar-refractivity contribution >= 4 is 5.97 Å². The minimum Gasteiger partial charge on any atom is -0.475 e. The van der Waals surface area contributed by atoms with Gasteiger partial charge < -0.3 is 14.3 Å². The number of oxazole rings is 1. The molecule has 5 heteroatoms. The molecule has 1 aliphatic heterocycles. The Balaban J connectivity index is 1.90. The zero-order valence-corrected chi connectivity index (χ0v) is 9.68. The summed E-state index contributed by atoms with van der Waals surface area (Å²) >= 11 is 0. The normalized spacial score (nSPS) is 28.5. The van der Waals surface area contributed by atoms with Crippen LogP contribution in [-0.4, -0.2) is 22.2 Å². The molecule has 0 aromatic carbocycles. The van der Waals surface area contributed by atoms with Crippen molar-refractivity contribution in [2.75, 3.05) is 0 Å². The predicted molar refractivity (Wildman–Crippen MR) is 58.0 cm³/mol. The van der Waals surface area contributed by atoms with Crippen LogP contribution in [0.1, 0.15) is 66.8 Å². The quantitative estimate of drug-likeness (QED) is 0.874. The molecule has 1 aromatic heterocycles. The highest BCUT2D eigenvalue weighted by Gasteiger charge is 2.36. The fraction of sp³-hybridized carbons (Fsp3) is 0.667. The molecule has 1 N–H and O–H groups in total. The van der Waals surface area contributed by atoms with E-state index < -0.39 is 5.97 Å². The van der Waals surface area contributed by atoms with Crippen molar-refractivity contribution in [1.82, 2.24) is 4.98 Å². The molecule has 1 saturated carbocycles. The Morgan fingerprint density at radius 2 is 2.12 bits per heavy atom. The first kappa shape index (κ1) is 10.8. The summed E-state index contributed by atoms with van der Waals surface area (Å²) in [4.78, 5) is 15.4. The number of carbonyl (C=O) groups is 1. The molecule has 0 amide bonds. The van der Waals surface area contributed by atoms with Gasteiger partial charge in [-0.05, 0) is 32.6 Å². The van der Waals surface area contributed by atoms with Crippen LogP contribution in [0.4, 0.5) is 0 Å². The molecule has 2 aliphatic rings. The number of aromatic nitrogens is 1. The molecule has 3 rings (SSSR count). The van der Waals surface area contributed by atoms with Crippen molar-refractivity contribution < 1.29 is 19.1 Å². The number of hydrogen-bond donors (Lipinski definition) is 1. The van der Waals surface area contributed by atoms with Crippen LogP contribution in [0, 0.1) is 0 Å². The third kappa shape index (κ3) is 1.95. The van der Waals surface area contributed by atoms with E-state index in [1.807, 2.05) is 6.92 Å². The minimum atomic E-state index is -1.03. The lowest BCUT2D eigenvalue weighted by Gasteiger charge is -2.05. The molecular weight excluding hydrogens is 222 g/mol. The van der Waals surface area contributed by atoms with E-state index >= 15 is 0 Å². The van der Waals surface area contributed by atoms with Gasteiger partial charge in [0.05, 0.1) is 11.8 Å². The Hall–Kier alpha value is -1.36. The standard InChI is InChI=1S/C12H15NO4/c1-6-2-5-8(16-6)11-13-9(7-3-4-7)10(17-11)12(14)15/h6-8H,2-5H2,1H3,(H,14,15). The van der Waals surface area contributed by atoms with Gasteiger partial charge in [0.1, 0.15) is 6.10 Å². The van der Waals surface area contributed by atoms with E-state index in [-0.39, 0.29) is 23.9 Å². The largest absolute Gasteiger partial charge is 0.475 e. The summed E-state index contributed by atoms with van der Waals surface area (Å²) in [6.07, 6.45) is 3.86. The van der Waals surface area contributed by atoms with E-state index in [1.165, 1.54) is 0 Å². The highest BCUT2D eigenvalue weighted by Crippen LogP contribution is 2.43. The summed E-state index contributed by atoms with van der Waals surface area (Å²) in [7, 11) is 0. The summed E-state index contributed by atoms with van der Waals surface area (Å²) in [5.74, 6) is -0.312. The summed E-state index contributed by atoms with van der Waals surface area (Å²) in [6, 6.07) is 0. The Morgan fingerprint density at radius 3 is 2.65 bits per heavy atom. The molecule has 0 bridgehead atoms. The van der Waals surface area contributed by atoms with Gasteiger partial charge in [-0.3, -0.25) is 0 Å². The van der Waals surface area contributed by atoms with Crippen LogP contribution in [0.25, 0.3) is 0 Å². The van der Waals surface area contributed by atoms with Crippen LogP contribution in [0.2, 0.25) is 0 Å². The third-order valence-corrected chi connectivity index (χ3v) is 3.34. The first-order valence-electron chi connectivity index (χ1n) is 6.04.